The molecule has 0 atom stereocenters. The van der Waals surface area contributed by atoms with Crippen LogP contribution in [0.3, 0.4) is 0 Å². The number of H-pyrrole nitrogens is 1. The number of aromatic amines is 1. The molecule has 0 aliphatic heterocycles. The van der Waals surface area contributed by atoms with E-state index in [0.717, 1.165) is 15.9 Å². The highest BCUT2D eigenvalue weighted by Gasteiger charge is 2.01. The fourth-order valence-corrected chi connectivity index (χ4v) is 1.21. The van der Waals surface area contributed by atoms with E-state index in [1.807, 2.05) is 6.92 Å². The van der Waals surface area contributed by atoms with E-state index < -0.39 is 0 Å². The third kappa shape index (κ3) is 2.50. The molecule has 0 aliphatic rings. The summed E-state index contributed by atoms with van der Waals surface area (Å²) in [5, 5.41) is 13.2. The molecular weight excluding hydrogens is 260 g/mol. The summed E-state index contributed by atoms with van der Waals surface area (Å²) >= 11 is 3.34. The molecule has 7 heteroatoms. The summed E-state index contributed by atoms with van der Waals surface area (Å²) in [4.78, 5) is 8.36. The molecule has 2 aromatic rings. The number of hydrogen-bond donors (Lipinski definition) is 2. The predicted molar refractivity (Wildman–Crippen MR) is 58.2 cm³/mol. The van der Waals surface area contributed by atoms with Gasteiger partial charge in [-0.05, 0) is 22.9 Å². The number of aryl methyl sites for hydroxylation is 1. The fourth-order valence-electron chi connectivity index (χ4n) is 1.02. The average Bonchev–Trinajstić information content (AvgIpc) is 2.73. The Morgan fingerprint density at radius 3 is 3.00 bits per heavy atom. The molecule has 0 amide bonds. The van der Waals surface area contributed by atoms with Crippen molar-refractivity contribution in [2.45, 2.75) is 13.5 Å². The van der Waals surface area contributed by atoms with Crippen molar-refractivity contribution in [2.75, 3.05) is 5.32 Å². The van der Waals surface area contributed by atoms with E-state index in [2.05, 4.69) is 46.6 Å². The maximum Gasteiger partial charge on any atom is 0.223 e. The molecule has 0 radical (unpaired) electrons. The van der Waals surface area contributed by atoms with E-state index in [1.165, 1.54) is 0 Å². The second-order valence-corrected chi connectivity index (χ2v) is 3.80. The zero-order valence-electron chi connectivity index (χ0n) is 8.03. The van der Waals surface area contributed by atoms with E-state index >= 15 is 0 Å². The predicted octanol–water partition coefficient (Wildman–Crippen LogP) is 1.28. The maximum atomic E-state index is 4.24. The highest BCUT2D eigenvalue weighted by Crippen LogP contribution is 2.13. The summed E-state index contributed by atoms with van der Waals surface area (Å²) in [6.07, 6.45) is 3.37. The minimum atomic E-state index is 0.553. The number of halogens is 1. The number of rotatable bonds is 3. The lowest BCUT2D eigenvalue weighted by atomic mass is 10.4. The van der Waals surface area contributed by atoms with Gasteiger partial charge in [0.05, 0.1) is 22.9 Å². The molecule has 0 bridgehead atoms. The molecule has 2 heterocycles. The lowest BCUT2D eigenvalue weighted by Gasteiger charge is -2.03. The van der Waals surface area contributed by atoms with Crippen molar-refractivity contribution in [3.63, 3.8) is 0 Å². The van der Waals surface area contributed by atoms with Crippen molar-refractivity contribution in [2.24, 2.45) is 0 Å². The molecule has 0 fully saturated rings. The van der Waals surface area contributed by atoms with Crippen LogP contribution in [0.2, 0.25) is 0 Å². The third-order valence-electron chi connectivity index (χ3n) is 1.81. The van der Waals surface area contributed by atoms with Gasteiger partial charge in [-0.15, -0.1) is 0 Å². The first kappa shape index (κ1) is 10.0. The van der Waals surface area contributed by atoms with Crippen molar-refractivity contribution in [3.05, 3.63) is 28.3 Å². The summed E-state index contributed by atoms with van der Waals surface area (Å²) in [7, 11) is 0. The number of anilines is 1. The lowest BCUT2D eigenvalue weighted by molar-refractivity contribution is 0.904. The normalized spacial score (nSPS) is 10.3. The highest BCUT2D eigenvalue weighted by atomic mass is 79.9. The Morgan fingerprint density at radius 1 is 1.47 bits per heavy atom. The molecule has 6 nitrogen and oxygen atoms in total. The minimum absolute atomic E-state index is 0.553. The Bertz CT molecular complexity index is 440. The molecule has 15 heavy (non-hydrogen) atoms. The van der Waals surface area contributed by atoms with Crippen molar-refractivity contribution >= 4 is 21.9 Å². The van der Waals surface area contributed by atoms with Crippen LogP contribution in [0.1, 0.15) is 11.4 Å². The molecule has 2 N–H and O–H groups in total. The van der Waals surface area contributed by atoms with E-state index in [9.17, 15) is 0 Å². The topological polar surface area (TPSA) is 79.4 Å². The Kier molecular flexibility index (Phi) is 2.91. The molecular formula is C8H9BrN6. The molecule has 0 saturated carbocycles. The third-order valence-corrected chi connectivity index (χ3v) is 2.59. The van der Waals surface area contributed by atoms with Gasteiger partial charge in [-0.3, -0.25) is 0 Å². The van der Waals surface area contributed by atoms with Crippen molar-refractivity contribution in [3.8, 4) is 0 Å². The lowest BCUT2D eigenvalue weighted by Crippen LogP contribution is -2.04. The van der Waals surface area contributed by atoms with Crippen LogP contribution in [-0.4, -0.2) is 25.4 Å². The van der Waals surface area contributed by atoms with Gasteiger partial charge in [-0.2, -0.15) is 15.4 Å². The summed E-state index contributed by atoms with van der Waals surface area (Å²) in [5.41, 5.74) is 1.71. The molecule has 78 valence electrons. The van der Waals surface area contributed by atoms with Crippen LogP contribution in [0.25, 0.3) is 0 Å². The largest absolute Gasteiger partial charge is 0.348 e. The fraction of sp³-hybridized carbons (Fsp3) is 0.250. The summed E-state index contributed by atoms with van der Waals surface area (Å²) in [5.74, 6) is 0.582. The maximum absolute atomic E-state index is 4.24. The van der Waals surface area contributed by atoms with Crippen molar-refractivity contribution < 1.29 is 0 Å². The van der Waals surface area contributed by atoms with E-state index in [4.69, 9.17) is 0 Å². The van der Waals surface area contributed by atoms with Crippen LogP contribution in [0.15, 0.2) is 16.9 Å². The summed E-state index contributed by atoms with van der Waals surface area (Å²) in [6.45, 7) is 2.46. The molecule has 2 aromatic heterocycles. The number of nitrogens with zero attached hydrogens (tertiary/aromatic N) is 4. The standard InChI is InChI=1S/C8H9BrN6/c1-5-7(9)4-11-8(13-5)10-2-6-3-12-15-14-6/h3-4H,2H2,1H3,(H,10,11,13)(H,12,14,15). The van der Waals surface area contributed by atoms with Crippen molar-refractivity contribution in [1.29, 1.82) is 0 Å². The van der Waals surface area contributed by atoms with Crippen LogP contribution in [0.4, 0.5) is 5.95 Å². The SMILES string of the molecule is Cc1nc(NCc2cn[nH]n2)ncc1Br. The first-order chi connectivity index (χ1) is 7.25. The van der Waals surface area contributed by atoms with Gasteiger partial charge in [0.2, 0.25) is 5.95 Å². The van der Waals surface area contributed by atoms with Gasteiger partial charge >= 0.3 is 0 Å². The number of hydrogen-bond acceptors (Lipinski definition) is 5. The first-order valence-corrected chi connectivity index (χ1v) is 5.12. The minimum Gasteiger partial charge on any atom is -0.348 e. The smallest absolute Gasteiger partial charge is 0.223 e. The average molecular weight is 269 g/mol. The highest BCUT2D eigenvalue weighted by molar-refractivity contribution is 9.10. The summed E-state index contributed by atoms with van der Waals surface area (Å²) in [6, 6.07) is 0. The zero-order chi connectivity index (χ0) is 10.7. The number of nitrogens with one attached hydrogen (secondary N) is 2. The van der Waals surface area contributed by atoms with Crippen LogP contribution in [0, 0.1) is 6.92 Å². The van der Waals surface area contributed by atoms with E-state index in [0.29, 0.717) is 12.5 Å². The van der Waals surface area contributed by atoms with Crippen LogP contribution in [0.5, 0.6) is 0 Å². The zero-order valence-corrected chi connectivity index (χ0v) is 9.61. The summed E-state index contributed by atoms with van der Waals surface area (Å²) < 4.78 is 0.898. The van der Waals surface area contributed by atoms with Gasteiger partial charge in [0, 0.05) is 6.20 Å². The molecule has 0 saturated heterocycles. The Hall–Kier alpha value is -1.50. The Morgan fingerprint density at radius 2 is 2.33 bits per heavy atom. The van der Waals surface area contributed by atoms with Crippen LogP contribution >= 0.6 is 15.9 Å². The number of aromatic nitrogens is 5. The molecule has 0 spiro atoms. The van der Waals surface area contributed by atoms with E-state index in [1.54, 1.807) is 12.4 Å². The van der Waals surface area contributed by atoms with Gasteiger partial charge in [-0.1, -0.05) is 0 Å². The quantitative estimate of drug-likeness (QED) is 0.877. The van der Waals surface area contributed by atoms with Crippen LogP contribution < -0.4 is 5.32 Å². The Labute approximate surface area is 94.7 Å². The van der Waals surface area contributed by atoms with Gasteiger partial charge in [-0.25, -0.2) is 9.97 Å². The molecule has 0 aromatic carbocycles. The molecule has 0 aliphatic carbocycles. The second kappa shape index (κ2) is 4.35. The van der Waals surface area contributed by atoms with Crippen molar-refractivity contribution in [1.82, 2.24) is 25.4 Å². The van der Waals surface area contributed by atoms with Gasteiger partial charge < -0.3 is 5.32 Å². The first-order valence-electron chi connectivity index (χ1n) is 4.33. The second-order valence-electron chi connectivity index (χ2n) is 2.94. The van der Waals surface area contributed by atoms with Gasteiger partial charge in [0.25, 0.3) is 0 Å². The monoisotopic (exact) mass is 268 g/mol. The molecule has 2 rings (SSSR count). The van der Waals surface area contributed by atoms with Gasteiger partial charge in [0.1, 0.15) is 5.69 Å². The molecule has 0 unspecified atom stereocenters. The van der Waals surface area contributed by atoms with E-state index in [-0.39, 0.29) is 0 Å². The van der Waals surface area contributed by atoms with Gasteiger partial charge in [0.15, 0.2) is 0 Å². The van der Waals surface area contributed by atoms with Crippen LogP contribution in [-0.2, 0) is 6.54 Å². The Balaban J connectivity index is 2.02.